The van der Waals surface area contributed by atoms with E-state index in [4.69, 9.17) is 4.84 Å². The standard InChI is InChI=1S/C11H15N2O.3C4H9.Sn/c1-9(2)10-6-8-14-13(10)11-5-3-4-7-12-11;3*1-3-4-2;/h3-7,9-10H,8H2,1-2H3;3*1,3-4H2,2H3;/t10-;;;;/m0..../s1. The molecule has 0 amide bonds. The minimum absolute atomic E-state index is 0.501. The fourth-order valence-electron chi connectivity index (χ4n) is 5.00. The summed E-state index contributed by atoms with van der Waals surface area (Å²) in [7, 11) is 0. The molecule has 1 aromatic heterocycles. The van der Waals surface area contributed by atoms with Crippen LogP contribution in [0.1, 0.15) is 73.1 Å². The van der Waals surface area contributed by atoms with Gasteiger partial charge in [-0.3, -0.25) is 0 Å². The molecule has 0 aromatic carbocycles. The zero-order valence-electron chi connectivity index (χ0n) is 18.4. The van der Waals surface area contributed by atoms with Crippen molar-refractivity contribution in [2.24, 2.45) is 5.92 Å². The van der Waals surface area contributed by atoms with Gasteiger partial charge in [0.15, 0.2) is 0 Å². The number of nitrogens with zero attached hydrogens (tertiary/aromatic N) is 2. The molecule has 4 heteroatoms. The fraction of sp³-hybridized carbons (Fsp3) is 0.783. The van der Waals surface area contributed by atoms with Gasteiger partial charge >= 0.3 is 172 Å². The molecular formula is C23H42N2OSn. The number of hydrogen-bond acceptors (Lipinski definition) is 3. The molecule has 154 valence electrons. The molecule has 1 aliphatic heterocycles. The maximum atomic E-state index is 6.39. The van der Waals surface area contributed by atoms with Gasteiger partial charge in [0.2, 0.25) is 0 Å². The molecule has 1 fully saturated rings. The number of unbranched alkanes of at least 4 members (excludes halogenated alkanes) is 3. The van der Waals surface area contributed by atoms with E-state index in [1.807, 2.05) is 12.3 Å². The Morgan fingerprint density at radius 2 is 1.63 bits per heavy atom. The summed E-state index contributed by atoms with van der Waals surface area (Å²) in [5, 5.41) is 2.20. The predicted octanol–water partition coefficient (Wildman–Crippen LogP) is 7.08. The Labute approximate surface area is 172 Å². The van der Waals surface area contributed by atoms with Gasteiger partial charge < -0.3 is 0 Å². The maximum absolute atomic E-state index is 6.39. The summed E-state index contributed by atoms with van der Waals surface area (Å²) in [6, 6.07) is 6.69. The summed E-state index contributed by atoms with van der Waals surface area (Å²) >= 11 is -2.35. The zero-order valence-corrected chi connectivity index (χ0v) is 21.3. The quantitative estimate of drug-likeness (QED) is 0.299. The van der Waals surface area contributed by atoms with E-state index in [1.54, 1.807) is 13.3 Å². The van der Waals surface area contributed by atoms with Crippen LogP contribution in [-0.4, -0.2) is 36.0 Å². The molecule has 0 aliphatic carbocycles. The number of anilines is 1. The number of aromatic nitrogens is 1. The van der Waals surface area contributed by atoms with Crippen LogP contribution in [0.2, 0.25) is 17.2 Å². The fourth-order valence-corrected chi connectivity index (χ4v) is 24.1. The first-order valence-electron chi connectivity index (χ1n) is 11.4. The Hall–Kier alpha value is -0.291. The Kier molecular flexibility index (Phi) is 9.92. The molecule has 27 heavy (non-hydrogen) atoms. The molecule has 0 unspecified atom stereocenters. The second-order valence-corrected chi connectivity index (χ2v) is 23.0. The third kappa shape index (κ3) is 5.85. The second kappa shape index (κ2) is 11.6. The first-order valence-corrected chi connectivity index (χ1v) is 19.1. The van der Waals surface area contributed by atoms with Crippen LogP contribution in [0.25, 0.3) is 0 Å². The molecule has 0 radical (unpaired) electrons. The van der Waals surface area contributed by atoms with E-state index in [0.29, 0.717) is 12.0 Å². The first kappa shape index (κ1) is 23.0. The van der Waals surface area contributed by atoms with Crippen LogP contribution >= 0.6 is 0 Å². The van der Waals surface area contributed by atoms with E-state index in [-0.39, 0.29) is 0 Å². The molecule has 1 aliphatic rings. The van der Waals surface area contributed by atoms with Crippen LogP contribution < -0.4 is 5.06 Å². The van der Waals surface area contributed by atoms with E-state index < -0.39 is 18.4 Å². The Bertz CT molecular complexity index is 501. The molecular weight excluding hydrogens is 439 g/mol. The van der Waals surface area contributed by atoms with Gasteiger partial charge in [-0.15, -0.1) is 0 Å². The van der Waals surface area contributed by atoms with Crippen molar-refractivity contribution in [2.45, 2.75) is 96.4 Å². The van der Waals surface area contributed by atoms with Crippen LogP contribution in [0, 0.1) is 5.92 Å². The Morgan fingerprint density at radius 3 is 2.07 bits per heavy atom. The van der Waals surface area contributed by atoms with Crippen molar-refractivity contribution in [3.8, 4) is 0 Å². The topological polar surface area (TPSA) is 25.4 Å². The molecule has 1 saturated heterocycles. The number of rotatable bonds is 12. The first-order chi connectivity index (χ1) is 13.1. The van der Waals surface area contributed by atoms with E-state index in [1.165, 1.54) is 38.5 Å². The molecule has 2 rings (SSSR count). The van der Waals surface area contributed by atoms with Gasteiger partial charge in [0, 0.05) is 0 Å². The molecule has 0 N–H and O–H groups in total. The van der Waals surface area contributed by atoms with Crippen LogP contribution in [-0.2, 0) is 4.84 Å². The van der Waals surface area contributed by atoms with E-state index in [9.17, 15) is 0 Å². The molecule has 0 saturated carbocycles. The third-order valence-electron chi connectivity index (χ3n) is 6.51. The number of pyridine rings is 1. The molecule has 1 aromatic rings. The molecule has 3 nitrogen and oxygen atoms in total. The van der Waals surface area contributed by atoms with Gasteiger partial charge in [0.1, 0.15) is 0 Å². The number of hydrogen-bond donors (Lipinski definition) is 0. The van der Waals surface area contributed by atoms with Gasteiger partial charge in [-0.05, 0) is 0 Å². The van der Waals surface area contributed by atoms with Crippen LogP contribution in [0.4, 0.5) is 5.82 Å². The van der Waals surface area contributed by atoms with E-state index in [0.717, 1.165) is 16.4 Å². The van der Waals surface area contributed by atoms with Crippen LogP contribution in [0.15, 0.2) is 24.4 Å². The van der Waals surface area contributed by atoms with Gasteiger partial charge in [0.05, 0.1) is 0 Å². The van der Waals surface area contributed by atoms with Crippen molar-refractivity contribution in [3.05, 3.63) is 24.4 Å². The summed E-state index contributed by atoms with van der Waals surface area (Å²) in [6.07, 6.45) is 10.2. The third-order valence-corrected chi connectivity index (χ3v) is 24.0. The molecule has 2 heterocycles. The second-order valence-electron chi connectivity index (χ2n) is 8.82. The molecule has 0 bridgehead atoms. The summed E-state index contributed by atoms with van der Waals surface area (Å²) in [5.74, 6) is 1.60. The monoisotopic (exact) mass is 482 g/mol. The van der Waals surface area contributed by atoms with Crippen molar-refractivity contribution >= 4 is 24.2 Å². The van der Waals surface area contributed by atoms with Crippen molar-refractivity contribution in [1.82, 2.24) is 4.98 Å². The van der Waals surface area contributed by atoms with Crippen molar-refractivity contribution in [3.63, 3.8) is 0 Å². The molecule has 2 atom stereocenters. The normalized spacial score (nSPS) is 20.6. The van der Waals surface area contributed by atoms with Crippen molar-refractivity contribution in [1.29, 1.82) is 0 Å². The predicted molar refractivity (Wildman–Crippen MR) is 120 cm³/mol. The van der Waals surface area contributed by atoms with E-state index in [2.05, 4.69) is 56.8 Å². The minimum atomic E-state index is -2.35. The Morgan fingerprint density at radius 1 is 1.04 bits per heavy atom. The summed E-state index contributed by atoms with van der Waals surface area (Å²) in [6.45, 7) is 12.8. The summed E-state index contributed by atoms with van der Waals surface area (Å²) < 4.78 is 5.46. The zero-order chi connectivity index (χ0) is 19.7. The van der Waals surface area contributed by atoms with Crippen LogP contribution in [0.5, 0.6) is 0 Å². The van der Waals surface area contributed by atoms with Gasteiger partial charge in [0.25, 0.3) is 0 Å². The van der Waals surface area contributed by atoms with E-state index >= 15 is 0 Å². The SMILES string of the molecule is CCC[CH2][Sn]([CH2]CCC)([CH2]CCC)[C@@H]1CON(c2ccccn2)[C@@H]1C(C)C. The average molecular weight is 481 g/mol. The van der Waals surface area contributed by atoms with Crippen LogP contribution in [0.3, 0.4) is 0 Å². The van der Waals surface area contributed by atoms with Gasteiger partial charge in [-0.1, -0.05) is 0 Å². The van der Waals surface area contributed by atoms with Gasteiger partial charge in [-0.2, -0.15) is 0 Å². The van der Waals surface area contributed by atoms with Gasteiger partial charge in [-0.25, -0.2) is 0 Å². The van der Waals surface area contributed by atoms with Crippen molar-refractivity contribution in [2.75, 3.05) is 11.7 Å². The number of hydroxylamine groups is 1. The average Bonchev–Trinajstić information content (AvgIpc) is 3.14. The summed E-state index contributed by atoms with van der Waals surface area (Å²) in [4.78, 5) is 11.0. The Balaban J connectivity index is 2.35. The van der Waals surface area contributed by atoms with Crippen molar-refractivity contribution < 1.29 is 4.84 Å². The summed E-state index contributed by atoms with van der Waals surface area (Å²) in [5.41, 5.74) is 0. The molecule has 0 spiro atoms.